The second kappa shape index (κ2) is 16.5. The summed E-state index contributed by atoms with van der Waals surface area (Å²) in [6.07, 6.45) is 2.58. The van der Waals surface area contributed by atoms with Crippen LogP contribution in [0.25, 0.3) is 0 Å². The van der Waals surface area contributed by atoms with Crippen molar-refractivity contribution >= 4 is 17.6 Å². The lowest BCUT2D eigenvalue weighted by molar-refractivity contribution is -0.137. The number of likely N-dealkylation sites (tertiary alicyclic amines) is 1. The number of amides is 1. The number of halogens is 3. The van der Waals surface area contributed by atoms with Crippen LogP contribution < -0.4 is 10.6 Å². The van der Waals surface area contributed by atoms with Gasteiger partial charge in [-0.15, -0.1) is 0 Å². The molecule has 2 aliphatic heterocycles. The van der Waals surface area contributed by atoms with Gasteiger partial charge in [0.2, 0.25) is 0 Å². The molecule has 3 aliphatic rings. The molecule has 1 aliphatic carbocycles. The number of anilines is 1. The maximum absolute atomic E-state index is 13.7. The first-order chi connectivity index (χ1) is 20.3. The number of carboxylic acids is 1. The Balaban J connectivity index is 0.00000145. The predicted octanol–water partition coefficient (Wildman–Crippen LogP) is 8.02. The maximum Gasteiger partial charge on any atom is 0.416 e. The molecular formula is C33H51F3N4O3. The van der Waals surface area contributed by atoms with Crippen molar-refractivity contribution < 1.29 is 27.9 Å². The Morgan fingerprint density at radius 3 is 2.14 bits per heavy atom. The summed E-state index contributed by atoms with van der Waals surface area (Å²) in [6.45, 7) is 20.7. The van der Waals surface area contributed by atoms with Crippen LogP contribution in [-0.4, -0.2) is 53.2 Å². The molecule has 1 unspecified atom stereocenters. The number of hydrogen-bond acceptors (Lipinski definition) is 5. The topological polar surface area (TPSA) is 84.9 Å². The van der Waals surface area contributed by atoms with Gasteiger partial charge in [0.05, 0.1) is 22.4 Å². The number of nitrogens with zero attached hydrogens (tertiary/aromatic N) is 2. The van der Waals surface area contributed by atoms with E-state index < -0.39 is 29.9 Å². The molecular weight excluding hydrogens is 557 g/mol. The highest BCUT2D eigenvalue weighted by atomic mass is 19.4. The summed E-state index contributed by atoms with van der Waals surface area (Å²) in [6, 6.07) is 1.88. The zero-order valence-corrected chi connectivity index (χ0v) is 27.3. The van der Waals surface area contributed by atoms with Crippen LogP contribution in [0.3, 0.4) is 0 Å². The number of benzene rings is 1. The van der Waals surface area contributed by atoms with Crippen molar-refractivity contribution in [3.63, 3.8) is 0 Å². The normalized spacial score (nSPS) is 19.3. The minimum absolute atomic E-state index is 0.0569. The molecule has 1 aromatic carbocycles. The molecule has 1 atom stereocenters. The number of fused-ring (bicyclic) bond motifs is 1. The fraction of sp³-hybridized carbons (Fsp3) is 0.576. The van der Waals surface area contributed by atoms with Gasteiger partial charge in [-0.2, -0.15) is 13.2 Å². The molecule has 10 heteroatoms. The molecule has 1 saturated carbocycles. The molecule has 3 N–H and O–H groups in total. The smallest absolute Gasteiger partial charge is 0.416 e. The van der Waals surface area contributed by atoms with Crippen molar-refractivity contribution in [1.29, 1.82) is 0 Å². The average molecular weight is 609 g/mol. The molecule has 43 heavy (non-hydrogen) atoms. The third kappa shape index (κ3) is 9.36. The lowest BCUT2D eigenvalue weighted by Gasteiger charge is -2.45. The van der Waals surface area contributed by atoms with E-state index in [1.807, 2.05) is 41.5 Å². The van der Waals surface area contributed by atoms with Crippen LogP contribution in [0.2, 0.25) is 0 Å². The number of hydrogen-bond donors (Lipinski definition) is 3. The van der Waals surface area contributed by atoms with Crippen molar-refractivity contribution in [2.75, 3.05) is 25.5 Å². The lowest BCUT2D eigenvalue weighted by Crippen LogP contribution is -2.58. The predicted molar refractivity (Wildman–Crippen MR) is 169 cm³/mol. The Bertz CT molecular complexity index is 1180. The third-order valence-corrected chi connectivity index (χ3v) is 7.78. The highest BCUT2D eigenvalue weighted by Gasteiger charge is 2.47. The number of carboxylic acid groups (broad SMARTS) is 1. The summed E-state index contributed by atoms with van der Waals surface area (Å²) in [5.41, 5.74) is 0.614. The zero-order valence-electron chi connectivity index (χ0n) is 27.3. The van der Waals surface area contributed by atoms with Crippen LogP contribution >= 0.6 is 0 Å². The molecule has 7 nitrogen and oxygen atoms in total. The van der Waals surface area contributed by atoms with Crippen molar-refractivity contribution in [1.82, 2.24) is 15.1 Å². The van der Waals surface area contributed by atoms with Gasteiger partial charge in [-0.05, 0) is 68.7 Å². The maximum atomic E-state index is 13.7. The Labute approximate surface area is 255 Å². The van der Waals surface area contributed by atoms with Crippen LogP contribution in [0.5, 0.6) is 0 Å². The largest absolute Gasteiger partial charge is 0.478 e. The van der Waals surface area contributed by atoms with E-state index >= 15 is 0 Å². The first-order valence-electron chi connectivity index (χ1n) is 15.4. The number of alkyl halides is 3. The number of piperidine rings is 1. The van der Waals surface area contributed by atoms with Crippen molar-refractivity contribution in [3.05, 3.63) is 64.4 Å². The summed E-state index contributed by atoms with van der Waals surface area (Å²) >= 11 is 0. The monoisotopic (exact) mass is 608 g/mol. The third-order valence-electron chi connectivity index (χ3n) is 7.78. The quantitative estimate of drug-likeness (QED) is 0.215. The van der Waals surface area contributed by atoms with Gasteiger partial charge in [-0.25, -0.2) is 4.79 Å². The second-order valence-electron chi connectivity index (χ2n) is 10.3. The molecule has 0 bridgehead atoms. The van der Waals surface area contributed by atoms with Crippen LogP contribution in [0.15, 0.2) is 47.7 Å². The minimum atomic E-state index is -4.66. The fourth-order valence-electron chi connectivity index (χ4n) is 5.01. The van der Waals surface area contributed by atoms with E-state index in [-0.39, 0.29) is 28.9 Å². The number of nitrogens with one attached hydrogen (secondary N) is 2. The summed E-state index contributed by atoms with van der Waals surface area (Å²) in [5.74, 6) is -1.70. The van der Waals surface area contributed by atoms with Crippen molar-refractivity contribution in [3.8, 4) is 0 Å². The molecule has 1 aromatic rings. The second-order valence-corrected chi connectivity index (χ2v) is 10.3. The fourth-order valence-corrected chi connectivity index (χ4v) is 5.01. The summed E-state index contributed by atoms with van der Waals surface area (Å²) < 4.78 is 41.2. The summed E-state index contributed by atoms with van der Waals surface area (Å²) in [7, 11) is 1.60. The highest BCUT2D eigenvalue weighted by molar-refractivity contribution is 6.02. The Morgan fingerprint density at radius 1 is 1.12 bits per heavy atom. The Kier molecular flexibility index (Phi) is 14.5. The number of allylic oxidation sites excluding steroid dienone is 3. The summed E-state index contributed by atoms with van der Waals surface area (Å²) in [4.78, 5) is 28.7. The van der Waals surface area contributed by atoms with Gasteiger partial charge in [-0.1, -0.05) is 59.8 Å². The molecule has 2 fully saturated rings. The molecule has 1 saturated heterocycles. The van der Waals surface area contributed by atoms with Crippen LogP contribution in [0.4, 0.5) is 18.9 Å². The van der Waals surface area contributed by atoms with Gasteiger partial charge in [0, 0.05) is 32.4 Å². The van der Waals surface area contributed by atoms with Gasteiger partial charge in [0.1, 0.15) is 0 Å². The zero-order chi connectivity index (χ0) is 33.1. The Morgan fingerprint density at radius 2 is 1.67 bits per heavy atom. The summed E-state index contributed by atoms with van der Waals surface area (Å²) in [5, 5.41) is 15.8. The van der Waals surface area contributed by atoms with E-state index in [1.54, 1.807) is 27.0 Å². The first-order valence-corrected chi connectivity index (χ1v) is 15.4. The van der Waals surface area contributed by atoms with Gasteiger partial charge < -0.3 is 20.6 Å². The van der Waals surface area contributed by atoms with E-state index in [4.69, 9.17) is 0 Å². The van der Waals surface area contributed by atoms with Crippen LogP contribution in [0.1, 0.15) is 103 Å². The van der Waals surface area contributed by atoms with Gasteiger partial charge >= 0.3 is 12.1 Å². The van der Waals surface area contributed by atoms with Crippen molar-refractivity contribution in [2.45, 2.75) is 100 Å². The molecule has 4 rings (SSSR count). The molecule has 0 radical (unpaired) electrons. The standard InChI is InChI=1S/C27H33F3N4O3.3C2H6/c1-5-16(2)12-20(24(36)37)17(3)31-15-18-13-19(27(28,29)30)14-21-22(18)32-25(33(4)23(21)35)34-10-8-26(6-7-26)9-11-34;3*1-2/h5,12-14,25,31-32H,3,6-11,15H2,1-2,4H3,(H,36,37);3*1-2H3/b16-5-,20-12+;;;. The van der Waals surface area contributed by atoms with Crippen LogP contribution in [0, 0.1) is 5.41 Å². The number of rotatable bonds is 7. The van der Waals surface area contributed by atoms with Crippen molar-refractivity contribution in [2.24, 2.45) is 5.41 Å². The lowest BCUT2D eigenvalue weighted by atomic mass is 9.93. The molecule has 1 spiro atoms. The first kappa shape index (κ1) is 37.8. The van der Waals surface area contributed by atoms with Gasteiger partial charge in [-0.3, -0.25) is 9.69 Å². The number of carbonyl (C=O) groups excluding carboxylic acids is 1. The molecule has 0 aromatic heterocycles. The number of carbonyl (C=O) groups is 2. The van der Waals surface area contributed by atoms with Crippen LogP contribution in [-0.2, 0) is 17.5 Å². The van der Waals surface area contributed by atoms with Gasteiger partial charge in [0.15, 0.2) is 6.29 Å². The van der Waals surface area contributed by atoms with E-state index in [0.29, 0.717) is 16.7 Å². The van der Waals surface area contributed by atoms with E-state index in [1.165, 1.54) is 23.8 Å². The number of aliphatic carboxylic acids is 1. The van der Waals surface area contributed by atoms with E-state index in [0.717, 1.165) is 38.1 Å². The van der Waals surface area contributed by atoms with Gasteiger partial charge in [0.25, 0.3) is 5.91 Å². The molecule has 1 amide bonds. The SMILES string of the molecule is C=C(NCc1cc(C(F)(F)F)cc2c1NC(N1CCC3(CC1)CC3)N(C)C2=O)/C(=C\C(C)=C/C)C(=O)O.CC.CC.CC. The molecule has 2 heterocycles. The minimum Gasteiger partial charge on any atom is -0.478 e. The van der Waals surface area contributed by atoms with E-state index in [9.17, 15) is 27.9 Å². The molecule has 242 valence electrons. The van der Waals surface area contributed by atoms with E-state index in [2.05, 4.69) is 22.1 Å². The Hall–Kier alpha value is -3.27. The average Bonchev–Trinajstić information content (AvgIpc) is 3.77. The highest BCUT2D eigenvalue weighted by Crippen LogP contribution is 2.54.